The van der Waals surface area contributed by atoms with Crippen molar-refractivity contribution in [3.05, 3.63) is 76.7 Å². The van der Waals surface area contributed by atoms with Gasteiger partial charge in [0.05, 0.1) is 0 Å². The van der Waals surface area contributed by atoms with Crippen molar-refractivity contribution in [3.63, 3.8) is 0 Å². The number of hydrogen-bond acceptors (Lipinski definition) is 4. The summed E-state index contributed by atoms with van der Waals surface area (Å²) < 4.78 is 27.9. The molecule has 1 aliphatic heterocycles. The molecule has 2 aromatic carbocycles. The van der Waals surface area contributed by atoms with Gasteiger partial charge in [-0.15, -0.1) is 0 Å². The van der Waals surface area contributed by atoms with Crippen molar-refractivity contribution in [1.29, 1.82) is 0 Å². The van der Waals surface area contributed by atoms with Crippen LogP contribution in [0.5, 0.6) is 0 Å². The third kappa shape index (κ3) is 6.45. The molecule has 3 rings (SSSR count). The minimum atomic E-state index is -3.74. The van der Waals surface area contributed by atoms with Crippen LogP contribution in [0.4, 0.5) is 0 Å². The summed E-state index contributed by atoms with van der Waals surface area (Å²) in [7, 11) is -3.74. The van der Waals surface area contributed by atoms with E-state index in [0.29, 0.717) is 25.3 Å². The van der Waals surface area contributed by atoms with E-state index in [0.717, 1.165) is 23.8 Å². The molecule has 2 aromatic rings. The van der Waals surface area contributed by atoms with Crippen LogP contribution in [0, 0.1) is 0 Å². The second-order valence-electron chi connectivity index (χ2n) is 7.30. The van der Waals surface area contributed by atoms with Gasteiger partial charge in [0, 0.05) is 18.5 Å². The molecule has 5 nitrogen and oxygen atoms in total. The van der Waals surface area contributed by atoms with Gasteiger partial charge in [-0.25, -0.2) is 8.42 Å². The quantitative estimate of drug-likeness (QED) is 0.678. The van der Waals surface area contributed by atoms with E-state index in [1.807, 2.05) is 48.7 Å². The van der Waals surface area contributed by atoms with Crippen LogP contribution in [0.25, 0.3) is 6.08 Å². The first-order valence-corrected chi connectivity index (χ1v) is 13.0. The lowest BCUT2D eigenvalue weighted by Crippen LogP contribution is -2.49. The molecule has 0 aromatic heterocycles. The van der Waals surface area contributed by atoms with Crippen LogP contribution >= 0.6 is 11.8 Å². The van der Waals surface area contributed by atoms with Crippen molar-refractivity contribution in [2.75, 3.05) is 25.1 Å². The second kappa shape index (κ2) is 10.8. The van der Waals surface area contributed by atoms with Crippen LogP contribution in [-0.4, -0.2) is 50.4 Å². The summed E-state index contributed by atoms with van der Waals surface area (Å²) in [6.45, 7) is 1.21. The Morgan fingerprint density at radius 3 is 2.27 bits per heavy atom. The molecule has 1 unspecified atom stereocenters. The Kier molecular flexibility index (Phi) is 8.13. The number of nitrogens with one attached hydrogen (secondary N) is 1. The fraction of sp³-hybridized carbons (Fsp3) is 0.348. The monoisotopic (exact) mass is 444 g/mol. The van der Waals surface area contributed by atoms with Gasteiger partial charge in [-0.1, -0.05) is 54.6 Å². The largest absolute Gasteiger partial charge is 0.341 e. The number of fused-ring (bicyclic) bond motifs is 1. The zero-order valence-electron chi connectivity index (χ0n) is 17.2. The predicted octanol–water partition coefficient (Wildman–Crippen LogP) is 3.33. The molecule has 160 valence electrons. The van der Waals surface area contributed by atoms with E-state index in [-0.39, 0.29) is 5.91 Å². The van der Waals surface area contributed by atoms with Crippen LogP contribution < -0.4 is 4.72 Å². The van der Waals surface area contributed by atoms with E-state index >= 15 is 0 Å². The summed E-state index contributed by atoms with van der Waals surface area (Å²) in [5.74, 6) is 0.559. The van der Waals surface area contributed by atoms with E-state index < -0.39 is 16.1 Å². The molecule has 7 heteroatoms. The first kappa shape index (κ1) is 22.6. The molecular weight excluding hydrogens is 416 g/mol. The fourth-order valence-electron chi connectivity index (χ4n) is 3.55. The van der Waals surface area contributed by atoms with Crippen molar-refractivity contribution < 1.29 is 13.2 Å². The van der Waals surface area contributed by atoms with E-state index in [1.165, 1.54) is 11.1 Å². The number of carbonyl (C=O) groups excluding carboxylic acids is 1. The lowest BCUT2D eigenvalue weighted by atomic mass is 10.0. The molecule has 0 saturated carbocycles. The first-order valence-electron chi connectivity index (χ1n) is 10.1. The Morgan fingerprint density at radius 2 is 1.67 bits per heavy atom. The smallest absolute Gasteiger partial charge is 0.240 e. The van der Waals surface area contributed by atoms with Crippen molar-refractivity contribution in [3.8, 4) is 0 Å². The molecule has 0 aliphatic carbocycles. The van der Waals surface area contributed by atoms with Gasteiger partial charge in [0.1, 0.15) is 6.04 Å². The summed E-state index contributed by atoms with van der Waals surface area (Å²) in [6, 6.07) is 16.7. The molecule has 1 N–H and O–H groups in total. The zero-order chi connectivity index (χ0) is 21.4. The van der Waals surface area contributed by atoms with E-state index in [1.54, 1.807) is 22.7 Å². The third-order valence-corrected chi connectivity index (χ3v) is 6.94. The molecule has 30 heavy (non-hydrogen) atoms. The Hall–Kier alpha value is -2.09. The van der Waals surface area contributed by atoms with Gasteiger partial charge in [0.2, 0.25) is 15.9 Å². The normalized spacial score (nSPS) is 15.6. The Labute approximate surface area is 183 Å². The lowest BCUT2D eigenvalue weighted by Gasteiger charge is -2.26. The Bertz CT molecular complexity index is 948. The highest BCUT2D eigenvalue weighted by molar-refractivity contribution is 7.98. The number of sulfonamides is 1. The van der Waals surface area contributed by atoms with E-state index in [9.17, 15) is 13.2 Å². The van der Waals surface area contributed by atoms with E-state index in [4.69, 9.17) is 0 Å². The van der Waals surface area contributed by atoms with Crippen molar-refractivity contribution >= 4 is 33.8 Å². The van der Waals surface area contributed by atoms with Crippen molar-refractivity contribution in [1.82, 2.24) is 9.62 Å². The molecule has 0 spiro atoms. The predicted molar refractivity (Wildman–Crippen MR) is 125 cm³/mol. The number of nitrogens with zero attached hydrogens (tertiary/aromatic N) is 1. The number of hydrogen-bond donors (Lipinski definition) is 1. The molecule has 0 bridgehead atoms. The van der Waals surface area contributed by atoms with Crippen LogP contribution in [0.1, 0.15) is 23.1 Å². The van der Waals surface area contributed by atoms with E-state index in [2.05, 4.69) is 16.9 Å². The highest BCUT2D eigenvalue weighted by Crippen LogP contribution is 2.17. The highest BCUT2D eigenvalue weighted by Gasteiger charge is 2.28. The van der Waals surface area contributed by atoms with Crippen molar-refractivity contribution in [2.24, 2.45) is 0 Å². The number of rotatable bonds is 8. The summed E-state index contributed by atoms with van der Waals surface area (Å²) >= 11 is 1.60. The number of amides is 1. The standard InChI is InChI=1S/C23H28N2O3S2/c1-29-17-13-22(24-30(27,28)18-14-19-7-3-2-4-8-19)23(26)25-15-11-20-9-5-6-10-21(20)12-16-25/h2-10,14,18,22,24H,11-13,15-17H2,1H3/b18-14+. The minimum absolute atomic E-state index is 0.145. The third-order valence-electron chi connectivity index (χ3n) is 5.19. The second-order valence-corrected chi connectivity index (χ2v) is 9.89. The van der Waals surface area contributed by atoms with Gasteiger partial charge in [-0.05, 0) is 54.0 Å². The van der Waals surface area contributed by atoms with Crippen LogP contribution in [-0.2, 0) is 27.7 Å². The fourth-order valence-corrected chi connectivity index (χ4v) is 5.05. The molecule has 1 aliphatic rings. The number of benzene rings is 2. The minimum Gasteiger partial charge on any atom is -0.341 e. The number of carbonyl (C=O) groups is 1. The lowest BCUT2D eigenvalue weighted by molar-refractivity contribution is -0.132. The molecule has 1 heterocycles. The maximum Gasteiger partial charge on any atom is 0.240 e. The molecule has 1 atom stereocenters. The average Bonchev–Trinajstić information content (AvgIpc) is 2.98. The molecule has 0 radical (unpaired) electrons. The Balaban J connectivity index is 1.70. The van der Waals surface area contributed by atoms with Gasteiger partial charge < -0.3 is 4.90 Å². The molecule has 1 amide bonds. The van der Waals surface area contributed by atoms with Gasteiger partial charge in [-0.3, -0.25) is 4.79 Å². The van der Waals surface area contributed by atoms with Crippen molar-refractivity contribution in [2.45, 2.75) is 25.3 Å². The van der Waals surface area contributed by atoms with Gasteiger partial charge in [0.15, 0.2) is 0 Å². The summed E-state index contributed by atoms with van der Waals surface area (Å²) in [6.07, 6.45) is 5.53. The van der Waals surface area contributed by atoms with Gasteiger partial charge >= 0.3 is 0 Å². The first-order chi connectivity index (χ1) is 14.5. The molecule has 0 saturated heterocycles. The average molecular weight is 445 g/mol. The van der Waals surface area contributed by atoms with Crippen LogP contribution in [0.2, 0.25) is 0 Å². The molecular formula is C23H28N2O3S2. The zero-order valence-corrected chi connectivity index (χ0v) is 18.8. The van der Waals surface area contributed by atoms with Gasteiger partial charge in [0.25, 0.3) is 0 Å². The molecule has 0 fully saturated rings. The SMILES string of the molecule is CSCCC(NS(=O)(=O)/C=C/c1ccccc1)C(=O)N1CCc2ccccc2CC1. The highest BCUT2D eigenvalue weighted by atomic mass is 32.2. The summed E-state index contributed by atoms with van der Waals surface area (Å²) in [4.78, 5) is 15.0. The van der Waals surface area contributed by atoms with Gasteiger partial charge in [-0.2, -0.15) is 16.5 Å². The maximum atomic E-state index is 13.2. The maximum absolute atomic E-state index is 13.2. The number of thioether (sulfide) groups is 1. The topological polar surface area (TPSA) is 66.5 Å². The summed E-state index contributed by atoms with van der Waals surface area (Å²) in [5, 5.41) is 1.14. The Morgan fingerprint density at radius 1 is 1.07 bits per heavy atom. The van der Waals surface area contributed by atoms with Crippen LogP contribution in [0.15, 0.2) is 60.0 Å². The van der Waals surface area contributed by atoms with Crippen LogP contribution in [0.3, 0.4) is 0 Å². The summed E-state index contributed by atoms with van der Waals surface area (Å²) in [5.41, 5.74) is 3.32.